The molecule has 8 heteroatoms. The van der Waals surface area contributed by atoms with Crippen LogP contribution in [-0.2, 0) is 4.79 Å². The van der Waals surface area contributed by atoms with Crippen LogP contribution in [0.1, 0.15) is 6.42 Å². The lowest BCUT2D eigenvalue weighted by Crippen LogP contribution is -2.33. The van der Waals surface area contributed by atoms with Crippen LogP contribution < -0.4 is 14.8 Å². The molecule has 0 bridgehead atoms. The zero-order chi connectivity index (χ0) is 17.6. The van der Waals surface area contributed by atoms with E-state index in [2.05, 4.69) is 15.3 Å². The summed E-state index contributed by atoms with van der Waals surface area (Å²) in [4.78, 5) is 22.2. The number of carbonyl (C=O) groups is 1. The highest BCUT2D eigenvalue weighted by Crippen LogP contribution is 2.16. The van der Waals surface area contributed by atoms with Gasteiger partial charge in [0.15, 0.2) is 5.75 Å². The van der Waals surface area contributed by atoms with Gasteiger partial charge in [-0.2, -0.15) is 9.97 Å². The summed E-state index contributed by atoms with van der Waals surface area (Å²) in [6.45, 7) is 1.62. The molecule has 1 unspecified atom stereocenters. The van der Waals surface area contributed by atoms with Gasteiger partial charge in [-0.15, -0.1) is 0 Å². The Bertz CT molecular complexity index is 709. The maximum absolute atomic E-state index is 12.9. The van der Waals surface area contributed by atoms with Crippen LogP contribution in [0.4, 0.5) is 10.1 Å². The van der Waals surface area contributed by atoms with Crippen LogP contribution in [0.25, 0.3) is 0 Å². The Morgan fingerprint density at radius 2 is 2.04 bits per heavy atom. The summed E-state index contributed by atoms with van der Waals surface area (Å²) in [5.41, 5.74) is 0.574. The topological polar surface area (TPSA) is 76.6 Å². The van der Waals surface area contributed by atoms with E-state index >= 15 is 0 Å². The number of rotatable bonds is 6. The highest BCUT2D eigenvalue weighted by molar-refractivity contribution is 5.92. The maximum atomic E-state index is 12.9. The van der Waals surface area contributed by atoms with Crippen LogP contribution in [0.2, 0.25) is 0 Å². The predicted molar refractivity (Wildman–Crippen MR) is 89.1 cm³/mol. The first kappa shape index (κ1) is 17.1. The molecule has 132 valence electrons. The molecular formula is C17H19FN4O3. The Morgan fingerprint density at radius 3 is 2.72 bits per heavy atom. The predicted octanol–water partition coefficient (Wildman–Crippen LogP) is 1.72. The third-order valence-corrected chi connectivity index (χ3v) is 3.84. The average molecular weight is 346 g/mol. The molecule has 1 aliphatic heterocycles. The number of aromatic nitrogens is 2. The SMILES string of the molecule is COc1cnc(OC2CCN(CC(=O)Nc3ccc(F)cc3)C2)nc1. The lowest BCUT2D eigenvalue weighted by molar-refractivity contribution is -0.117. The van der Waals surface area contributed by atoms with Crippen molar-refractivity contribution < 1.29 is 18.7 Å². The number of hydrogen-bond acceptors (Lipinski definition) is 6. The minimum absolute atomic E-state index is 0.0629. The normalized spacial score (nSPS) is 17.3. The van der Waals surface area contributed by atoms with Crippen LogP contribution in [0.3, 0.4) is 0 Å². The van der Waals surface area contributed by atoms with Crippen molar-refractivity contribution in [2.45, 2.75) is 12.5 Å². The van der Waals surface area contributed by atoms with Gasteiger partial charge in [0, 0.05) is 18.8 Å². The largest absolute Gasteiger partial charge is 0.494 e. The quantitative estimate of drug-likeness (QED) is 0.858. The third-order valence-electron chi connectivity index (χ3n) is 3.84. The molecule has 7 nitrogen and oxygen atoms in total. The number of benzene rings is 1. The van der Waals surface area contributed by atoms with E-state index in [9.17, 15) is 9.18 Å². The number of halogens is 1. The molecular weight excluding hydrogens is 327 g/mol. The Labute approximate surface area is 144 Å². The Kier molecular flexibility index (Phi) is 5.39. The van der Waals surface area contributed by atoms with E-state index in [0.29, 0.717) is 24.0 Å². The van der Waals surface area contributed by atoms with E-state index in [4.69, 9.17) is 9.47 Å². The molecule has 1 aromatic heterocycles. The van der Waals surface area contributed by atoms with E-state index in [1.807, 2.05) is 4.90 Å². The number of methoxy groups -OCH3 is 1. The second-order valence-corrected chi connectivity index (χ2v) is 5.72. The Balaban J connectivity index is 1.45. The fourth-order valence-corrected chi connectivity index (χ4v) is 2.59. The number of carbonyl (C=O) groups excluding carboxylic acids is 1. The van der Waals surface area contributed by atoms with E-state index < -0.39 is 0 Å². The molecule has 25 heavy (non-hydrogen) atoms. The second kappa shape index (κ2) is 7.89. The molecule has 1 aliphatic rings. The molecule has 1 amide bonds. The van der Waals surface area contributed by atoms with Crippen LogP contribution >= 0.6 is 0 Å². The van der Waals surface area contributed by atoms with Crippen molar-refractivity contribution in [3.05, 3.63) is 42.5 Å². The van der Waals surface area contributed by atoms with Gasteiger partial charge >= 0.3 is 6.01 Å². The Morgan fingerprint density at radius 1 is 1.32 bits per heavy atom. The molecule has 3 rings (SSSR count). The van der Waals surface area contributed by atoms with Crippen molar-refractivity contribution in [3.8, 4) is 11.8 Å². The number of nitrogens with zero attached hydrogens (tertiary/aromatic N) is 3. The fraction of sp³-hybridized carbons (Fsp3) is 0.353. The molecule has 0 saturated carbocycles. The summed E-state index contributed by atoms with van der Waals surface area (Å²) in [7, 11) is 1.55. The molecule has 1 N–H and O–H groups in total. The number of amides is 1. The van der Waals surface area contributed by atoms with Crippen molar-refractivity contribution in [2.75, 3.05) is 32.1 Å². The lowest BCUT2D eigenvalue weighted by atomic mass is 10.3. The smallest absolute Gasteiger partial charge is 0.316 e. The van der Waals surface area contributed by atoms with Crippen molar-refractivity contribution >= 4 is 11.6 Å². The van der Waals surface area contributed by atoms with E-state index in [0.717, 1.165) is 13.0 Å². The minimum atomic E-state index is -0.335. The third kappa shape index (κ3) is 4.87. The summed E-state index contributed by atoms with van der Waals surface area (Å²) >= 11 is 0. The zero-order valence-corrected chi connectivity index (χ0v) is 13.8. The van der Waals surface area contributed by atoms with Gasteiger partial charge in [-0.05, 0) is 30.7 Å². The standard InChI is InChI=1S/C17H19FN4O3/c1-24-15-8-19-17(20-9-15)25-14-6-7-22(10-14)11-16(23)21-13-4-2-12(18)3-5-13/h2-5,8-9,14H,6-7,10-11H2,1H3,(H,21,23). The Hall–Kier alpha value is -2.74. The number of likely N-dealkylation sites (tertiary alicyclic amines) is 1. The van der Waals surface area contributed by atoms with E-state index in [1.165, 1.54) is 24.3 Å². The number of ether oxygens (including phenoxy) is 2. The summed E-state index contributed by atoms with van der Waals surface area (Å²) in [6.07, 6.45) is 3.82. The van der Waals surface area contributed by atoms with E-state index in [1.54, 1.807) is 19.5 Å². The highest BCUT2D eigenvalue weighted by Gasteiger charge is 2.26. The first-order valence-corrected chi connectivity index (χ1v) is 7.93. The first-order valence-electron chi connectivity index (χ1n) is 7.93. The van der Waals surface area contributed by atoms with Gasteiger partial charge in [0.2, 0.25) is 5.91 Å². The number of anilines is 1. The average Bonchev–Trinajstić information content (AvgIpc) is 3.04. The van der Waals surface area contributed by atoms with Crippen LogP contribution in [0.15, 0.2) is 36.7 Å². The molecule has 0 aliphatic carbocycles. The molecule has 1 saturated heterocycles. The van der Waals surface area contributed by atoms with E-state index in [-0.39, 0.29) is 24.4 Å². The zero-order valence-electron chi connectivity index (χ0n) is 13.8. The van der Waals surface area contributed by atoms with Crippen molar-refractivity contribution in [1.29, 1.82) is 0 Å². The molecule has 0 spiro atoms. The maximum Gasteiger partial charge on any atom is 0.316 e. The summed E-state index contributed by atoms with van der Waals surface area (Å²) in [5.74, 6) is 0.0871. The molecule has 1 aromatic carbocycles. The molecule has 1 atom stereocenters. The molecule has 0 radical (unpaired) electrons. The van der Waals surface area contributed by atoms with Gasteiger partial charge in [-0.25, -0.2) is 4.39 Å². The van der Waals surface area contributed by atoms with Crippen LogP contribution in [-0.4, -0.2) is 53.6 Å². The fourth-order valence-electron chi connectivity index (χ4n) is 2.59. The lowest BCUT2D eigenvalue weighted by Gasteiger charge is -2.16. The second-order valence-electron chi connectivity index (χ2n) is 5.72. The molecule has 1 fully saturated rings. The van der Waals surface area contributed by atoms with Gasteiger partial charge < -0.3 is 14.8 Å². The summed E-state index contributed by atoms with van der Waals surface area (Å²) < 4.78 is 23.6. The summed E-state index contributed by atoms with van der Waals surface area (Å²) in [6, 6.07) is 5.98. The van der Waals surface area contributed by atoms with Gasteiger partial charge in [-0.3, -0.25) is 9.69 Å². The van der Waals surface area contributed by atoms with Crippen molar-refractivity contribution in [2.24, 2.45) is 0 Å². The number of nitrogens with one attached hydrogen (secondary N) is 1. The van der Waals surface area contributed by atoms with Gasteiger partial charge in [0.05, 0.1) is 26.0 Å². The highest BCUT2D eigenvalue weighted by atomic mass is 19.1. The minimum Gasteiger partial charge on any atom is -0.494 e. The van der Waals surface area contributed by atoms with Gasteiger partial charge in [0.1, 0.15) is 11.9 Å². The monoisotopic (exact) mass is 346 g/mol. The van der Waals surface area contributed by atoms with Crippen LogP contribution in [0, 0.1) is 5.82 Å². The van der Waals surface area contributed by atoms with Crippen molar-refractivity contribution in [1.82, 2.24) is 14.9 Å². The summed E-state index contributed by atoms with van der Waals surface area (Å²) in [5, 5.41) is 2.75. The van der Waals surface area contributed by atoms with Gasteiger partial charge in [0.25, 0.3) is 0 Å². The molecule has 2 heterocycles. The van der Waals surface area contributed by atoms with Crippen molar-refractivity contribution in [3.63, 3.8) is 0 Å². The first-order chi connectivity index (χ1) is 12.1. The van der Waals surface area contributed by atoms with Crippen LogP contribution in [0.5, 0.6) is 11.8 Å². The molecule has 2 aromatic rings. The number of hydrogen-bond donors (Lipinski definition) is 1. The van der Waals surface area contributed by atoms with Gasteiger partial charge in [-0.1, -0.05) is 0 Å².